The highest BCUT2D eigenvalue weighted by atomic mass is 19.1. The Balaban J connectivity index is 1.91. The van der Waals surface area contributed by atoms with Crippen LogP contribution in [-0.2, 0) is 0 Å². The Morgan fingerprint density at radius 3 is 2.55 bits per heavy atom. The highest BCUT2D eigenvalue weighted by Gasteiger charge is 2.22. The van der Waals surface area contributed by atoms with Gasteiger partial charge in [0.05, 0.1) is 0 Å². The Morgan fingerprint density at radius 1 is 1.35 bits per heavy atom. The minimum absolute atomic E-state index is 0.174. The number of hydrogen-bond acceptors (Lipinski definition) is 2. The number of nitrogens with one attached hydrogen (secondary N) is 1. The van der Waals surface area contributed by atoms with E-state index in [4.69, 9.17) is 0 Å². The molecule has 1 amide bonds. The second-order valence-electron chi connectivity index (χ2n) is 5.84. The third kappa shape index (κ3) is 3.57. The van der Waals surface area contributed by atoms with E-state index in [2.05, 4.69) is 24.1 Å². The van der Waals surface area contributed by atoms with Gasteiger partial charge in [-0.2, -0.15) is 0 Å². The first-order valence-corrected chi connectivity index (χ1v) is 7.28. The van der Waals surface area contributed by atoms with E-state index < -0.39 is 0 Å². The number of carbonyl (C=O) groups is 1. The lowest BCUT2D eigenvalue weighted by molar-refractivity contribution is 0.0900. The maximum Gasteiger partial charge on any atom is 0.251 e. The molecule has 20 heavy (non-hydrogen) atoms. The van der Waals surface area contributed by atoms with Gasteiger partial charge in [0, 0.05) is 30.7 Å². The third-order valence-corrected chi connectivity index (χ3v) is 4.03. The summed E-state index contributed by atoms with van der Waals surface area (Å²) in [6.07, 6.45) is 1.91. The molecule has 3 nitrogen and oxygen atoms in total. The van der Waals surface area contributed by atoms with Gasteiger partial charge >= 0.3 is 0 Å². The molecule has 0 saturated carbocycles. The molecule has 1 aromatic rings. The normalized spacial score (nSPS) is 17.4. The molecule has 0 spiro atoms. The highest BCUT2D eigenvalue weighted by molar-refractivity contribution is 5.94. The van der Waals surface area contributed by atoms with E-state index >= 15 is 0 Å². The van der Waals surface area contributed by atoms with Gasteiger partial charge in [-0.05, 0) is 51.3 Å². The first kappa shape index (κ1) is 15.0. The van der Waals surface area contributed by atoms with Crippen molar-refractivity contribution >= 4 is 5.91 Å². The maximum atomic E-state index is 13.5. The van der Waals surface area contributed by atoms with Crippen LogP contribution in [0.15, 0.2) is 18.2 Å². The molecule has 0 radical (unpaired) electrons. The number of amides is 1. The summed E-state index contributed by atoms with van der Waals surface area (Å²) in [5, 5.41) is 3.01. The summed E-state index contributed by atoms with van der Waals surface area (Å²) in [6, 6.07) is 5.39. The molecular formula is C16H23FN2O. The molecule has 0 aliphatic carbocycles. The summed E-state index contributed by atoms with van der Waals surface area (Å²) in [7, 11) is 0. The highest BCUT2D eigenvalue weighted by Crippen LogP contribution is 2.14. The molecule has 0 atom stereocenters. The number of hydrogen-bond donors (Lipinski definition) is 1. The number of benzene rings is 1. The average molecular weight is 278 g/mol. The summed E-state index contributed by atoms with van der Waals surface area (Å²) in [5.74, 6) is -0.501. The average Bonchev–Trinajstić information content (AvgIpc) is 2.42. The van der Waals surface area contributed by atoms with E-state index in [1.54, 1.807) is 19.1 Å². The van der Waals surface area contributed by atoms with Crippen molar-refractivity contribution in [3.63, 3.8) is 0 Å². The SMILES string of the molecule is Cc1ccc(C(=O)NC2CCN(C(C)C)CC2)cc1F. The van der Waals surface area contributed by atoms with Gasteiger partial charge in [-0.3, -0.25) is 4.79 Å². The standard InChI is InChI=1S/C16H23FN2O/c1-11(2)19-8-6-14(7-9-19)18-16(20)13-5-4-12(3)15(17)10-13/h4-5,10-11,14H,6-9H2,1-3H3,(H,18,20). The van der Waals surface area contributed by atoms with E-state index in [1.165, 1.54) is 6.07 Å². The predicted molar refractivity (Wildman–Crippen MR) is 78.3 cm³/mol. The second kappa shape index (κ2) is 6.35. The smallest absolute Gasteiger partial charge is 0.251 e. The quantitative estimate of drug-likeness (QED) is 0.922. The summed E-state index contributed by atoms with van der Waals surface area (Å²) in [4.78, 5) is 14.5. The van der Waals surface area contributed by atoms with Crippen molar-refractivity contribution in [2.75, 3.05) is 13.1 Å². The Bertz CT molecular complexity index is 479. The maximum absolute atomic E-state index is 13.5. The predicted octanol–water partition coefficient (Wildman–Crippen LogP) is 2.74. The van der Waals surface area contributed by atoms with Crippen LogP contribution in [0.3, 0.4) is 0 Å². The van der Waals surface area contributed by atoms with Gasteiger partial charge in [-0.25, -0.2) is 4.39 Å². The summed E-state index contributed by atoms with van der Waals surface area (Å²) in [6.45, 7) is 8.08. The van der Waals surface area contributed by atoms with Crippen LogP contribution in [0.1, 0.15) is 42.6 Å². The first-order valence-electron chi connectivity index (χ1n) is 7.28. The summed E-state index contributed by atoms with van der Waals surface area (Å²) < 4.78 is 13.5. The zero-order valence-corrected chi connectivity index (χ0v) is 12.4. The molecule has 4 heteroatoms. The van der Waals surface area contributed by atoms with Gasteiger partial charge in [0.15, 0.2) is 0 Å². The van der Waals surface area contributed by atoms with Crippen molar-refractivity contribution in [3.8, 4) is 0 Å². The van der Waals surface area contributed by atoms with Gasteiger partial charge in [0.25, 0.3) is 5.91 Å². The van der Waals surface area contributed by atoms with Crippen molar-refractivity contribution in [2.24, 2.45) is 0 Å². The van der Waals surface area contributed by atoms with Crippen molar-refractivity contribution in [2.45, 2.75) is 45.7 Å². The van der Waals surface area contributed by atoms with Crippen LogP contribution < -0.4 is 5.32 Å². The molecule has 1 saturated heterocycles. The van der Waals surface area contributed by atoms with Crippen LogP contribution in [0.5, 0.6) is 0 Å². The molecule has 1 aliphatic heterocycles. The van der Waals surface area contributed by atoms with E-state index in [0.717, 1.165) is 25.9 Å². The van der Waals surface area contributed by atoms with Crippen LogP contribution in [0.4, 0.5) is 4.39 Å². The van der Waals surface area contributed by atoms with Crippen LogP contribution >= 0.6 is 0 Å². The second-order valence-corrected chi connectivity index (χ2v) is 5.84. The molecule has 1 aromatic carbocycles. The number of aryl methyl sites for hydroxylation is 1. The van der Waals surface area contributed by atoms with Gasteiger partial charge in [0.1, 0.15) is 5.82 Å². The van der Waals surface area contributed by atoms with Crippen LogP contribution in [0, 0.1) is 12.7 Å². The number of halogens is 1. The Labute approximate surface area is 120 Å². The monoisotopic (exact) mass is 278 g/mol. The number of piperidine rings is 1. The Hall–Kier alpha value is -1.42. The lowest BCUT2D eigenvalue weighted by Gasteiger charge is -2.34. The van der Waals surface area contributed by atoms with Crippen molar-refractivity contribution in [3.05, 3.63) is 35.1 Å². The van der Waals surface area contributed by atoms with Crippen LogP contribution in [0.2, 0.25) is 0 Å². The van der Waals surface area contributed by atoms with Gasteiger partial charge in [-0.1, -0.05) is 6.07 Å². The molecule has 1 heterocycles. The minimum Gasteiger partial charge on any atom is -0.349 e. The number of carbonyl (C=O) groups excluding carboxylic acids is 1. The third-order valence-electron chi connectivity index (χ3n) is 4.03. The summed E-state index contributed by atoms with van der Waals surface area (Å²) >= 11 is 0. The number of nitrogens with zero attached hydrogens (tertiary/aromatic N) is 1. The van der Waals surface area contributed by atoms with Gasteiger partial charge in [0.2, 0.25) is 0 Å². The van der Waals surface area contributed by atoms with Crippen molar-refractivity contribution in [1.82, 2.24) is 10.2 Å². The molecule has 2 rings (SSSR count). The largest absolute Gasteiger partial charge is 0.349 e. The van der Waals surface area contributed by atoms with Gasteiger partial charge < -0.3 is 10.2 Å². The fourth-order valence-corrected chi connectivity index (χ4v) is 2.56. The molecule has 0 aromatic heterocycles. The molecule has 1 N–H and O–H groups in total. The zero-order chi connectivity index (χ0) is 14.7. The zero-order valence-electron chi connectivity index (χ0n) is 12.4. The van der Waals surface area contributed by atoms with Gasteiger partial charge in [-0.15, -0.1) is 0 Å². The Kier molecular flexibility index (Phi) is 4.76. The van der Waals surface area contributed by atoms with E-state index in [0.29, 0.717) is 17.2 Å². The summed E-state index contributed by atoms with van der Waals surface area (Å²) in [5.41, 5.74) is 0.964. The molecule has 1 fully saturated rings. The lowest BCUT2D eigenvalue weighted by atomic mass is 10.0. The van der Waals surface area contributed by atoms with Crippen molar-refractivity contribution < 1.29 is 9.18 Å². The van der Waals surface area contributed by atoms with Crippen LogP contribution in [0.25, 0.3) is 0 Å². The van der Waals surface area contributed by atoms with Crippen molar-refractivity contribution in [1.29, 1.82) is 0 Å². The molecule has 0 unspecified atom stereocenters. The fourth-order valence-electron chi connectivity index (χ4n) is 2.56. The van der Waals surface area contributed by atoms with E-state index in [1.807, 2.05) is 0 Å². The van der Waals surface area contributed by atoms with E-state index in [9.17, 15) is 9.18 Å². The molecule has 110 valence electrons. The first-order chi connectivity index (χ1) is 9.47. The minimum atomic E-state index is -0.327. The topological polar surface area (TPSA) is 32.3 Å². The van der Waals surface area contributed by atoms with Crippen LogP contribution in [-0.4, -0.2) is 36.0 Å². The molecule has 1 aliphatic rings. The fraction of sp³-hybridized carbons (Fsp3) is 0.562. The molecular weight excluding hydrogens is 255 g/mol. The lowest BCUT2D eigenvalue weighted by Crippen LogP contribution is -2.46. The van der Waals surface area contributed by atoms with E-state index in [-0.39, 0.29) is 17.8 Å². The molecule has 0 bridgehead atoms. The number of rotatable bonds is 3. The Morgan fingerprint density at radius 2 is 2.00 bits per heavy atom. The number of likely N-dealkylation sites (tertiary alicyclic amines) is 1.